The lowest BCUT2D eigenvalue weighted by molar-refractivity contribution is 0.143. The van der Waals surface area contributed by atoms with Gasteiger partial charge in [-0.1, -0.05) is 45.7 Å². The van der Waals surface area contributed by atoms with Gasteiger partial charge >= 0.3 is 0 Å². The Morgan fingerprint density at radius 2 is 1.79 bits per heavy atom. The average molecular weight is 280 g/mol. The van der Waals surface area contributed by atoms with Gasteiger partial charge in [-0.2, -0.15) is 12.6 Å². The fraction of sp³-hybridized carbons (Fsp3) is 0.647. The van der Waals surface area contributed by atoms with Crippen molar-refractivity contribution in [3.63, 3.8) is 0 Å². The summed E-state index contributed by atoms with van der Waals surface area (Å²) in [5.41, 5.74) is 1.56. The van der Waals surface area contributed by atoms with Crippen LogP contribution >= 0.6 is 12.6 Å². The van der Waals surface area contributed by atoms with Crippen molar-refractivity contribution in [2.75, 3.05) is 12.4 Å². The summed E-state index contributed by atoms with van der Waals surface area (Å²) < 4.78 is 6.06. The highest BCUT2D eigenvalue weighted by atomic mass is 32.1. The van der Waals surface area contributed by atoms with Crippen molar-refractivity contribution in [1.29, 1.82) is 0 Å². The van der Waals surface area contributed by atoms with Crippen LogP contribution in [-0.4, -0.2) is 12.4 Å². The van der Waals surface area contributed by atoms with Crippen molar-refractivity contribution in [2.24, 2.45) is 5.41 Å². The second-order valence-electron chi connectivity index (χ2n) is 5.45. The smallest absolute Gasteiger partial charge is 0.119 e. The third kappa shape index (κ3) is 5.10. The summed E-state index contributed by atoms with van der Waals surface area (Å²) in [5, 5.41) is 0. The highest BCUT2D eigenvalue weighted by Gasteiger charge is 2.27. The fourth-order valence-electron chi connectivity index (χ4n) is 2.63. The zero-order valence-corrected chi connectivity index (χ0v) is 13.5. The molecule has 0 amide bonds. The molecule has 1 rings (SSSR count). The molecule has 1 nitrogen and oxygen atoms in total. The van der Waals surface area contributed by atoms with Crippen LogP contribution in [-0.2, 0) is 6.42 Å². The number of thiol groups is 1. The van der Waals surface area contributed by atoms with Crippen LogP contribution in [0.25, 0.3) is 0 Å². The normalized spacial score (nSPS) is 11.6. The van der Waals surface area contributed by atoms with Gasteiger partial charge in [-0.15, -0.1) is 0 Å². The highest BCUT2D eigenvalue weighted by Crippen LogP contribution is 2.32. The molecule has 0 aliphatic rings. The Labute approximate surface area is 124 Å². The van der Waals surface area contributed by atoms with E-state index in [1.165, 1.54) is 31.2 Å². The first-order valence-electron chi connectivity index (χ1n) is 7.52. The van der Waals surface area contributed by atoms with Gasteiger partial charge in [0.25, 0.3) is 0 Å². The monoisotopic (exact) mass is 280 g/mol. The predicted octanol–water partition coefficient (Wildman–Crippen LogP) is 5.14. The van der Waals surface area contributed by atoms with E-state index in [1.54, 1.807) is 0 Å². The minimum absolute atomic E-state index is 0.231. The fourth-order valence-corrected chi connectivity index (χ4v) is 3.03. The van der Waals surface area contributed by atoms with Crippen molar-refractivity contribution in [3.8, 4) is 5.75 Å². The lowest BCUT2D eigenvalue weighted by Gasteiger charge is -2.31. The van der Waals surface area contributed by atoms with E-state index in [1.807, 2.05) is 0 Å². The molecule has 2 heteroatoms. The SMILES string of the molecule is CCCC(CS)(CCC)COc1cccc(CC)c1. The van der Waals surface area contributed by atoms with Crippen LogP contribution < -0.4 is 4.74 Å². The molecule has 0 aliphatic carbocycles. The van der Waals surface area contributed by atoms with Gasteiger partial charge in [0, 0.05) is 5.41 Å². The van der Waals surface area contributed by atoms with Gasteiger partial charge in [0.1, 0.15) is 5.75 Å². The van der Waals surface area contributed by atoms with E-state index < -0.39 is 0 Å². The van der Waals surface area contributed by atoms with E-state index in [0.717, 1.165) is 24.5 Å². The summed E-state index contributed by atoms with van der Waals surface area (Å²) in [6.45, 7) is 7.44. The summed E-state index contributed by atoms with van der Waals surface area (Å²) in [6.07, 6.45) is 5.83. The van der Waals surface area contributed by atoms with Gasteiger partial charge in [0.2, 0.25) is 0 Å². The van der Waals surface area contributed by atoms with Crippen molar-refractivity contribution in [2.45, 2.75) is 52.9 Å². The molecule has 19 heavy (non-hydrogen) atoms. The van der Waals surface area contributed by atoms with E-state index >= 15 is 0 Å². The maximum atomic E-state index is 6.06. The van der Waals surface area contributed by atoms with Crippen LogP contribution in [0.1, 0.15) is 52.0 Å². The second-order valence-corrected chi connectivity index (χ2v) is 5.76. The van der Waals surface area contributed by atoms with Crippen LogP contribution in [0.3, 0.4) is 0 Å². The molecule has 0 spiro atoms. The summed E-state index contributed by atoms with van der Waals surface area (Å²) in [4.78, 5) is 0. The zero-order valence-electron chi connectivity index (χ0n) is 12.6. The van der Waals surface area contributed by atoms with Gasteiger partial charge in [-0.05, 0) is 42.7 Å². The average Bonchev–Trinajstić information content (AvgIpc) is 2.45. The molecule has 0 atom stereocenters. The van der Waals surface area contributed by atoms with Gasteiger partial charge in [0.05, 0.1) is 6.61 Å². The molecule has 108 valence electrons. The molecule has 0 heterocycles. The molecular weight excluding hydrogens is 252 g/mol. The van der Waals surface area contributed by atoms with Gasteiger partial charge in [-0.3, -0.25) is 0 Å². The largest absolute Gasteiger partial charge is 0.493 e. The van der Waals surface area contributed by atoms with Crippen LogP contribution in [0.15, 0.2) is 24.3 Å². The molecule has 1 aromatic rings. The molecule has 0 N–H and O–H groups in total. The Morgan fingerprint density at radius 1 is 1.11 bits per heavy atom. The lowest BCUT2D eigenvalue weighted by Crippen LogP contribution is -2.30. The van der Waals surface area contributed by atoms with Crippen molar-refractivity contribution < 1.29 is 4.74 Å². The maximum absolute atomic E-state index is 6.06. The molecule has 0 saturated carbocycles. The van der Waals surface area contributed by atoms with Crippen molar-refractivity contribution in [3.05, 3.63) is 29.8 Å². The zero-order chi connectivity index (χ0) is 14.1. The third-order valence-electron chi connectivity index (χ3n) is 3.75. The summed E-state index contributed by atoms with van der Waals surface area (Å²) in [6, 6.07) is 8.44. The number of aryl methyl sites for hydroxylation is 1. The third-order valence-corrected chi connectivity index (χ3v) is 4.42. The topological polar surface area (TPSA) is 9.23 Å². The first kappa shape index (κ1) is 16.4. The molecule has 0 fully saturated rings. The first-order chi connectivity index (χ1) is 9.19. The standard InChI is InChI=1S/C17H28OS/c1-4-10-17(14-19,11-5-2)13-18-16-9-7-8-15(6-3)12-16/h7-9,12,19H,4-6,10-11,13-14H2,1-3H3. The Balaban J connectivity index is 2.68. The minimum atomic E-state index is 0.231. The van der Waals surface area contributed by atoms with Crippen LogP contribution in [0.5, 0.6) is 5.75 Å². The maximum Gasteiger partial charge on any atom is 0.119 e. The van der Waals surface area contributed by atoms with Crippen LogP contribution in [0.4, 0.5) is 0 Å². The van der Waals surface area contributed by atoms with E-state index in [2.05, 4.69) is 57.7 Å². The first-order valence-corrected chi connectivity index (χ1v) is 8.15. The number of ether oxygens (including phenoxy) is 1. The number of hydrogen-bond donors (Lipinski definition) is 1. The predicted molar refractivity (Wildman–Crippen MR) is 87.4 cm³/mol. The molecule has 0 radical (unpaired) electrons. The van der Waals surface area contributed by atoms with Crippen molar-refractivity contribution in [1.82, 2.24) is 0 Å². The Morgan fingerprint density at radius 3 is 2.32 bits per heavy atom. The number of hydrogen-bond acceptors (Lipinski definition) is 2. The molecule has 0 bridgehead atoms. The summed E-state index contributed by atoms with van der Waals surface area (Å²) in [5.74, 6) is 1.90. The van der Waals surface area contributed by atoms with Crippen molar-refractivity contribution >= 4 is 12.6 Å². The van der Waals surface area contributed by atoms with Crippen LogP contribution in [0.2, 0.25) is 0 Å². The molecule has 0 saturated heterocycles. The van der Waals surface area contributed by atoms with E-state index in [0.29, 0.717) is 0 Å². The Kier molecular flexibility index (Phi) is 7.37. The van der Waals surface area contributed by atoms with Crippen LogP contribution in [0, 0.1) is 5.41 Å². The lowest BCUT2D eigenvalue weighted by atomic mass is 9.82. The number of rotatable bonds is 9. The number of benzene rings is 1. The molecule has 0 aromatic heterocycles. The Bertz CT molecular complexity index is 356. The second kappa shape index (κ2) is 8.52. The van der Waals surface area contributed by atoms with Gasteiger partial charge in [-0.25, -0.2) is 0 Å². The quantitative estimate of drug-likeness (QED) is 0.616. The van der Waals surface area contributed by atoms with E-state index in [-0.39, 0.29) is 5.41 Å². The molecule has 0 unspecified atom stereocenters. The summed E-state index contributed by atoms with van der Waals surface area (Å²) >= 11 is 4.57. The Hall–Kier alpha value is -0.630. The molecule has 1 aromatic carbocycles. The highest BCUT2D eigenvalue weighted by molar-refractivity contribution is 7.80. The summed E-state index contributed by atoms with van der Waals surface area (Å²) in [7, 11) is 0. The van der Waals surface area contributed by atoms with Gasteiger partial charge in [0.15, 0.2) is 0 Å². The molecular formula is C17H28OS. The van der Waals surface area contributed by atoms with Gasteiger partial charge < -0.3 is 4.74 Å². The minimum Gasteiger partial charge on any atom is -0.493 e. The van der Waals surface area contributed by atoms with E-state index in [4.69, 9.17) is 4.74 Å². The van der Waals surface area contributed by atoms with E-state index in [9.17, 15) is 0 Å². The molecule has 0 aliphatic heterocycles.